The highest BCUT2D eigenvalue weighted by molar-refractivity contribution is 5.87. The number of benzene rings is 1. The van der Waals surface area contributed by atoms with Crippen molar-refractivity contribution in [1.82, 2.24) is 10.2 Å². The summed E-state index contributed by atoms with van der Waals surface area (Å²) in [4.78, 5) is 24.5. The number of urea groups is 1. The molecule has 0 unspecified atom stereocenters. The van der Waals surface area contributed by atoms with Crippen molar-refractivity contribution in [3.8, 4) is 0 Å². The number of carboxylic acids is 1. The predicted molar refractivity (Wildman–Crippen MR) is 77.7 cm³/mol. The van der Waals surface area contributed by atoms with Gasteiger partial charge in [0, 0.05) is 19.6 Å². The standard InChI is InChI=1S/C15H20N2O3/c1-3-8-17(9-4-2)15(20)16-11-12-6-5-7-13(10-12)14(18)19/h3,5-7,10H,1,4,8-9,11H2,2H3,(H,16,20)(H,18,19). The molecule has 2 N–H and O–H groups in total. The van der Waals surface area contributed by atoms with Crippen LogP contribution in [0.2, 0.25) is 0 Å². The highest BCUT2D eigenvalue weighted by Crippen LogP contribution is 2.05. The van der Waals surface area contributed by atoms with Crippen LogP contribution in [0.1, 0.15) is 29.3 Å². The van der Waals surface area contributed by atoms with Gasteiger partial charge in [-0.2, -0.15) is 0 Å². The van der Waals surface area contributed by atoms with Crippen molar-refractivity contribution in [1.29, 1.82) is 0 Å². The average molecular weight is 276 g/mol. The Hall–Kier alpha value is -2.30. The lowest BCUT2D eigenvalue weighted by atomic mass is 10.1. The molecule has 0 radical (unpaired) electrons. The summed E-state index contributed by atoms with van der Waals surface area (Å²) in [5, 5.41) is 11.7. The van der Waals surface area contributed by atoms with Crippen molar-refractivity contribution < 1.29 is 14.7 Å². The van der Waals surface area contributed by atoms with E-state index in [2.05, 4.69) is 11.9 Å². The highest BCUT2D eigenvalue weighted by atomic mass is 16.4. The number of carboxylic acid groups (broad SMARTS) is 1. The van der Waals surface area contributed by atoms with Gasteiger partial charge in [-0.15, -0.1) is 6.58 Å². The molecule has 5 heteroatoms. The average Bonchev–Trinajstić information content (AvgIpc) is 2.45. The van der Waals surface area contributed by atoms with Crippen molar-refractivity contribution in [3.63, 3.8) is 0 Å². The molecule has 20 heavy (non-hydrogen) atoms. The third-order valence-electron chi connectivity index (χ3n) is 2.75. The molecule has 0 aliphatic carbocycles. The summed E-state index contributed by atoms with van der Waals surface area (Å²) in [6.45, 7) is 7.08. The molecule has 0 saturated heterocycles. The lowest BCUT2D eigenvalue weighted by Gasteiger charge is -2.20. The smallest absolute Gasteiger partial charge is 0.335 e. The summed E-state index contributed by atoms with van der Waals surface area (Å²) in [5.41, 5.74) is 0.974. The van der Waals surface area contributed by atoms with E-state index in [1.807, 2.05) is 6.92 Å². The van der Waals surface area contributed by atoms with E-state index < -0.39 is 5.97 Å². The maximum atomic E-state index is 12.0. The Morgan fingerprint density at radius 3 is 2.80 bits per heavy atom. The Kier molecular flexibility index (Phi) is 6.29. The van der Waals surface area contributed by atoms with Crippen LogP contribution in [0, 0.1) is 0 Å². The number of hydrogen-bond donors (Lipinski definition) is 2. The highest BCUT2D eigenvalue weighted by Gasteiger charge is 2.10. The first-order valence-electron chi connectivity index (χ1n) is 6.54. The molecule has 0 fully saturated rings. The molecule has 2 amide bonds. The number of rotatable bonds is 7. The SMILES string of the molecule is C=CCN(CCC)C(=O)NCc1cccc(C(=O)O)c1. The van der Waals surface area contributed by atoms with E-state index in [4.69, 9.17) is 5.11 Å². The first kappa shape index (κ1) is 15.8. The van der Waals surface area contributed by atoms with Crippen LogP contribution in [0.3, 0.4) is 0 Å². The number of nitrogens with zero attached hydrogens (tertiary/aromatic N) is 1. The van der Waals surface area contributed by atoms with Crippen molar-refractivity contribution in [2.24, 2.45) is 0 Å². The summed E-state index contributed by atoms with van der Waals surface area (Å²) in [5.74, 6) is -0.975. The molecule has 0 bridgehead atoms. The van der Waals surface area contributed by atoms with Gasteiger partial charge in [-0.25, -0.2) is 9.59 Å². The third kappa shape index (κ3) is 4.76. The second-order valence-electron chi connectivity index (χ2n) is 4.40. The van der Waals surface area contributed by atoms with Crippen molar-refractivity contribution >= 4 is 12.0 Å². The molecular weight excluding hydrogens is 256 g/mol. The van der Waals surface area contributed by atoms with Crippen LogP contribution >= 0.6 is 0 Å². The Morgan fingerprint density at radius 2 is 2.20 bits per heavy atom. The Bertz CT molecular complexity index is 486. The van der Waals surface area contributed by atoms with Gasteiger partial charge >= 0.3 is 12.0 Å². The van der Waals surface area contributed by atoms with Crippen LogP contribution < -0.4 is 5.32 Å². The maximum absolute atomic E-state index is 12.0. The zero-order valence-electron chi connectivity index (χ0n) is 11.6. The maximum Gasteiger partial charge on any atom is 0.335 e. The molecule has 5 nitrogen and oxygen atoms in total. The normalized spacial score (nSPS) is 9.85. The van der Waals surface area contributed by atoms with E-state index in [1.165, 1.54) is 6.07 Å². The predicted octanol–water partition coefficient (Wildman–Crippen LogP) is 2.49. The molecule has 0 aliphatic rings. The molecule has 108 valence electrons. The fourth-order valence-electron chi connectivity index (χ4n) is 1.81. The summed E-state index contributed by atoms with van der Waals surface area (Å²) >= 11 is 0. The lowest BCUT2D eigenvalue weighted by Crippen LogP contribution is -2.40. The van der Waals surface area contributed by atoms with Crippen LogP contribution in [0.25, 0.3) is 0 Å². The molecule has 0 aliphatic heterocycles. The van der Waals surface area contributed by atoms with Crippen molar-refractivity contribution in [2.75, 3.05) is 13.1 Å². The fourth-order valence-corrected chi connectivity index (χ4v) is 1.81. The van der Waals surface area contributed by atoms with Crippen molar-refractivity contribution in [2.45, 2.75) is 19.9 Å². The third-order valence-corrected chi connectivity index (χ3v) is 2.75. The second-order valence-corrected chi connectivity index (χ2v) is 4.40. The van der Waals surface area contributed by atoms with E-state index in [0.717, 1.165) is 12.0 Å². The van der Waals surface area contributed by atoms with Crippen molar-refractivity contribution in [3.05, 3.63) is 48.0 Å². The molecule has 1 aromatic carbocycles. The minimum Gasteiger partial charge on any atom is -0.478 e. The molecule has 0 spiro atoms. The number of nitrogens with one attached hydrogen (secondary N) is 1. The molecule has 0 heterocycles. The summed E-state index contributed by atoms with van der Waals surface area (Å²) in [6.07, 6.45) is 2.55. The van der Waals surface area contributed by atoms with Gasteiger partial charge in [0.05, 0.1) is 5.56 Å². The van der Waals surface area contributed by atoms with Gasteiger partial charge in [0.2, 0.25) is 0 Å². The number of hydrogen-bond acceptors (Lipinski definition) is 2. The Labute approximate surface area is 118 Å². The molecule has 1 aromatic rings. The zero-order valence-corrected chi connectivity index (χ0v) is 11.6. The quantitative estimate of drug-likeness (QED) is 0.752. The van der Waals surface area contributed by atoms with Gasteiger partial charge in [-0.1, -0.05) is 25.1 Å². The van der Waals surface area contributed by atoms with E-state index in [0.29, 0.717) is 19.6 Å². The largest absolute Gasteiger partial charge is 0.478 e. The van der Waals surface area contributed by atoms with E-state index in [-0.39, 0.29) is 11.6 Å². The summed E-state index contributed by atoms with van der Waals surface area (Å²) in [6, 6.07) is 6.35. The second kappa shape index (κ2) is 7.99. The molecular formula is C15H20N2O3. The first-order valence-corrected chi connectivity index (χ1v) is 6.54. The Balaban J connectivity index is 2.61. The van der Waals surface area contributed by atoms with Crippen LogP contribution in [-0.2, 0) is 6.54 Å². The van der Waals surface area contributed by atoms with Crippen LogP contribution in [0.5, 0.6) is 0 Å². The minimum absolute atomic E-state index is 0.174. The monoisotopic (exact) mass is 276 g/mol. The van der Waals surface area contributed by atoms with Gasteiger partial charge < -0.3 is 15.3 Å². The van der Waals surface area contributed by atoms with E-state index in [9.17, 15) is 9.59 Å². The minimum atomic E-state index is -0.975. The number of carbonyl (C=O) groups excluding carboxylic acids is 1. The van der Waals surface area contributed by atoms with Gasteiger partial charge in [-0.3, -0.25) is 0 Å². The van der Waals surface area contributed by atoms with Gasteiger partial charge in [0.15, 0.2) is 0 Å². The van der Waals surface area contributed by atoms with Gasteiger partial charge in [0.1, 0.15) is 0 Å². The molecule has 0 saturated carbocycles. The fraction of sp³-hybridized carbons (Fsp3) is 0.333. The van der Waals surface area contributed by atoms with Crippen LogP contribution in [-0.4, -0.2) is 35.1 Å². The summed E-state index contributed by atoms with van der Waals surface area (Å²) in [7, 11) is 0. The topological polar surface area (TPSA) is 69.6 Å². The van der Waals surface area contributed by atoms with E-state index in [1.54, 1.807) is 29.2 Å². The van der Waals surface area contributed by atoms with E-state index >= 15 is 0 Å². The van der Waals surface area contributed by atoms with Crippen LogP contribution in [0.4, 0.5) is 4.79 Å². The Morgan fingerprint density at radius 1 is 1.45 bits per heavy atom. The van der Waals surface area contributed by atoms with Gasteiger partial charge in [0.25, 0.3) is 0 Å². The molecule has 0 atom stereocenters. The number of aromatic carboxylic acids is 1. The first-order chi connectivity index (χ1) is 9.58. The molecule has 1 rings (SSSR count). The number of amides is 2. The van der Waals surface area contributed by atoms with Gasteiger partial charge in [-0.05, 0) is 24.1 Å². The van der Waals surface area contributed by atoms with Crippen LogP contribution in [0.15, 0.2) is 36.9 Å². The zero-order chi connectivity index (χ0) is 15.0. The lowest BCUT2D eigenvalue weighted by molar-refractivity contribution is 0.0696. The molecule has 0 aromatic heterocycles. The number of carbonyl (C=O) groups is 2. The summed E-state index contributed by atoms with van der Waals surface area (Å²) < 4.78 is 0.